The minimum absolute atomic E-state index is 0.900. The van der Waals surface area contributed by atoms with E-state index in [1.807, 2.05) is 0 Å². The van der Waals surface area contributed by atoms with E-state index in [4.69, 9.17) is 0 Å². The molecule has 0 spiro atoms. The van der Waals surface area contributed by atoms with E-state index in [1.165, 1.54) is 27.9 Å². The van der Waals surface area contributed by atoms with Crippen LogP contribution < -0.4 is 9.47 Å². The van der Waals surface area contributed by atoms with Crippen LogP contribution in [0.25, 0.3) is 12.2 Å². The molecule has 0 fully saturated rings. The molecule has 2 heteroatoms. The average Bonchev–Trinajstić information content (AvgIpc) is 2.61. The standard InChI is InChI=1S/C23H25N2/c1-19-5-4-6-22(17-19)18-25-15-13-21(14-16-25)8-7-20-9-11-23(12-10-20)24(2)3/h4-17H,18H2,1-3H3/q+1. The Labute approximate surface area is 150 Å². The first-order valence-corrected chi connectivity index (χ1v) is 8.60. The molecule has 25 heavy (non-hydrogen) atoms. The van der Waals surface area contributed by atoms with Gasteiger partial charge in [-0.15, -0.1) is 0 Å². The third kappa shape index (κ3) is 4.80. The minimum Gasteiger partial charge on any atom is -0.378 e. The second kappa shape index (κ2) is 7.80. The smallest absolute Gasteiger partial charge is 0.173 e. The molecular weight excluding hydrogens is 304 g/mol. The molecule has 0 amide bonds. The molecule has 0 aliphatic carbocycles. The summed E-state index contributed by atoms with van der Waals surface area (Å²) in [5.41, 5.74) is 6.26. The maximum Gasteiger partial charge on any atom is 0.173 e. The van der Waals surface area contributed by atoms with Gasteiger partial charge in [-0.25, -0.2) is 4.57 Å². The van der Waals surface area contributed by atoms with Crippen molar-refractivity contribution in [2.24, 2.45) is 0 Å². The predicted octanol–water partition coefficient (Wildman–Crippen LogP) is 4.57. The highest BCUT2D eigenvalue weighted by Gasteiger charge is 2.02. The largest absolute Gasteiger partial charge is 0.378 e. The SMILES string of the molecule is Cc1cccc(C[n+]2ccc(/C=C/c3ccc(N(C)C)cc3)cc2)c1. The summed E-state index contributed by atoms with van der Waals surface area (Å²) in [7, 11) is 4.11. The van der Waals surface area contributed by atoms with Gasteiger partial charge in [-0.3, -0.25) is 0 Å². The quantitative estimate of drug-likeness (QED) is 0.622. The van der Waals surface area contributed by atoms with Gasteiger partial charge >= 0.3 is 0 Å². The zero-order valence-electron chi connectivity index (χ0n) is 15.2. The number of hydrogen-bond acceptors (Lipinski definition) is 1. The molecule has 2 aromatic carbocycles. The van der Waals surface area contributed by atoms with Gasteiger partial charge in [0.15, 0.2) is 18.9 Å². The Balaban J connectivity index is 1.65. The first kappa shape index (κ1) is 17.0. The van der Waals surface area contributed by atoms with Crippen molar-refractivity contribution in [3.8, 4) is 0 Å². The molecule has 0 saturated carbocycles. The van der Waals surface area contributed by atoms with Gasteiger partial charge < -0.3 is 4.90 Å². The number of nitrogens with zero attached hydrogens (tertiary/aromatic N) is 2. The topological polar surface area (TPSA) is 7.12 Å². The van der Waals surface area contributed by atoms with E-state index in [-0.39, 0.29) is 0 Å². The average molecular weight is 329 g/mol. The lowest BCUT2D eigenvalue weighted by Gasteiger charge is -2.11. The number of aromatic nitrogens is 1. The number of anilines is 1. The fraction of sp³-hybridized carbons (Fsp3) is 0.174. The molecule has 0 aliphatic heterocycles. The lowest BCUT2D eigenvalue weighted by Crippen LogP contribution is -2.33. The van der Waals surface area contributed by atoms with Gasteiger partial charge in [-0.05, 0) is 36.2 Å². The maximum atomic E-state index is 2.23. The lowest BCUT2D eigenvalue weighted by molar-refractivity contribution is -0.688. The fourth-order valence-electron chi connectivity index (χ4n) is 2.78. The second-order valence-electron chi connectivity index (χ2n) is 6.61. The van der Waals surface area contributed by atoms with E-state index >= 15 is 0 Å². The molecule has 0 aliphatic rings. The Morgan fingerprint density at radius 2 is 1.48 bits per heavy atom. The van der Waals surface area contributed by atoms with Crippen LogP contribution in [0.3, 0.4) is 0 Å². The summed E-state index contributed by atoms with van der Waals surface area (Å²) >= 11 is 0. The Morgan fingerprint density at radius 1 is 0.840 bits per heavy atom. The van der Waals surface area contributed by atoms with Crippen LogP contribution in [0.5, 0.6) is 0 Å². The van der Waals surface area contributed by atoms with Crippen molar-refractivity contribution < 1.29 is 4.57 Å². The highest BCUT2D eigenvalue weighted by molar-refractivity contribution is 5.70. The lowest BCUT2D eigenvalue weighted by atomic mass is 10.1. The molecule has 0 unspecified atom stereocenters. The number of rotatable bonds is 5. The summed E-state index contributed by atoms with van der Waals surface area (Å²) in [6, 6.07) is 21.5. The van der Waals surface area contributed by atoms with Crippen LogP contribution >= 0.6 is 0 Å². The monoisotopic (exact) mass is 329 g/mol. The summed E-state index contributed by atoms with van der Waals surface area (Å²) < 4.78 is 2.21. The predicted molar refractivity (Wildman–Crippen MR) is 107 cm³/mol. The van der Waals surface area contributed by atoms with Gasteiger partial charge in [0.05, 0.1) is 0 Å². The van der Waals surface area contributed by atoms with Crippen molar-refractivity contribution in [2.75, 3.05) is 19.0 Å². The van der Waals surface area contributed by atoms with E-state index in [2.05, 4.69) is 116 Å². The van der Waals surface area contributed by atoms with Gasteiger partial charge in [-0.2, -0.15) is 0 Å². The number of benzene rings is 2. The van der Waals surface area contributed by atoms with Crippen LogP contribution in [0.15, 0.2) is 73.1 Å². The van der Waals surface area contributed by atoms with E-state index in [9.17, 15) is 0 Å². The fourth-order valence-corrected chi connectivity index (χ4v) is 2.78. The van der Waals surface area contributed by atoms with Crippen LogP contribution in [-0.4, -0.2) is 14.1 Å². The second-order valence-corrected chi connectivity index (χ2v) is 6.61. The van der Waals surface area contributed by atoms with Crippen molar-refractivity contribution in [2.45, 2.75) is 13.5 Å². The van der Waals surface area contributed by atoms with Crippen molar-refractivity contribution in [3.63, 3.8) is 0 Å². The Hall–Kier alpha value is -2.87. The van der Waals surface area contributed by atoms with E-state index in [0.29, 0.717) is 0 Å². The van der Waals surface area contributed by atoms with Gasteiger partial charge in [0, 0.05) is 37.5 Å². The number of hydrogen-bond donors (Lipinski definition) is 0. The van der Waals surface area contributed by atoms with Crippen molar-refractivity contribution in [3.05, 3.63) is 95.3 Å². The summed E-state index contributed by atoms with van der Waals surface area (Å²) in [6.07, 6.45) is 8.58. The summed E-state index contributed by atoms with van der Waals surface area (Å²) in [5.74, 6) is 0. The summed E-state index contributed by atoms with van der Waals surface area (Å²) in [4.78, 5) is 2.11. The van der Waals surface area contributed by atoms with E-state index < -0.39 is 0 Å². The molecule has 2 nitrogen and oxygen atoms in total. The molecule has 1 aromatic heterocycles. The molecule has 0 radical (unpaired) electrons. The number of aryl methyl sites for hydroxylation is 1. The highest BCUT2D eigenvalue weighted by Crippen LogP contribution is 2.14. The van der Waals surface area contributed by atoms with Crippen LogP contribution in [0.4, 0.5) is 5.69 Å². The van der Waals surface area contributed by atoms with Crippen LogP contribution in [0.1, 0.15) is 22.3 Å². The Kier molecular flexibility index (Phi) is 5.30. The van der Waals surface area contributed by atoms with Crippen LogP contribution in [0, 0.1) is 6.92 Å². The summed E-state index contributed by atoms with van der Waals surface area (Å²) in [6.45, 7) is 3.03. The van der Waals surface area contributed by atoms with E-state index in [1.54, 1.807) is 0 Å². The zero-order valence-corrected chi connectivity index (χ0v) is 15.2. The van der Waals surface area contributed by atoms with Gasteiger partial charge in [0.25, 0.3) is 0 Å². The molecule has 126 valence electrons. The normalized spacial score (nSPS) is 11.0. The Bertz CT molecular complexity index is 844. The first-order valence-electron chi connectivity index (χ1n) is 8.60. The minimum atomic E-state index is 0.900. The van der Waals surface area contributed by atoms with Gasteiger partial charge in [0.2, 0.25) is 0 Å². The molecule has 0 atom stereocenters. The molecule has 3 rings (SSSR count). The van der Waals surface area contributed by atoms with Crippen molar-refractivity contribution in [1.29, 1.82) is 0 Å². The third-order valence-corrected chi connectivity index (χ3v) is 4.24. The first-order chi connectivity index (χ1) is 12.1. The molecular formula is C23H25N2+. The molecule has 0 bridgehead atoms. The summed E-state index contributed by atoms with van der Waals surface area (Å²) in [5, 5.41) is 0. The van der Waals surface area contributed by atoms with Crippen LogP contribution in [0.2, 0.25) is 0 Å². The third-order valence-electron chi connectivity index (χ3n) is 4.24. The van der Waals surface area contributed by atoms with Crippen molar-refractivity contribution in [1.82, 2.24) is 0 Å². The molecule has 0 N–H and O–H groups in total. The Morgan fingerprint density at radius 3 is 2.08 bits per heavy atom. The molecule has 0 saturated heterocycles. The van der Waals surface area contributed by atoms with Crippen molar-refractivity contribution >= 4 is 17.8 Å². The van der Waals surface area contributed by atoms with Crippen LogP contribution in [-0.2, 0) is 6.54 Å². The molecule has 1 heterocycles. The van der Waals surface area contributed by atoms with E-state index in [0.717, 1.165) is 6.54 Å². The highest BCUT2D eigenvalue weighted by atomic mass is 15.1. The maximum absolute atomic E-state index is 2.23. The number of pyridine rings is 1. The van der Waals surface area contributed by atoms with Gasteiger partial charge in [0.1, 0.15) is 0 Å². The molecule has 3 aromatic rings. The van der Waals surface area contributed by atoms with Gasteiger partial charge in [-0.1, -0.05) is 48.0 Å². The zero-order chi connectivity index (χ0) is 17.6.